The number of nitrogens with zero attached hydrogens (tertiary/aromatic N) is 4. The summed E-state index contributed by atoms with van der Waals surface area (Å²) in [6, 6.07) is 16.7. The number of thioether (sulfide) groups is 1. The van der Waals surface area contributed by atoms with Gasteiger partial charge in [0.1, 0.15) is 22.5 Å². The molecule has 4 rings (SSSR count). The highest BCUT2D eigenvalue weighted by molar-refractivity contribution is 7.98. The van der Waals surface area contributed by atoms with Crippen molar-refractivity contribution in [1.82, 2.24) is 15.0 Å². The molecule has 2 heterocycles. The number of hydrogen-bond acceptors (Lipinski definition) is 8. The smallest absolute Gasteiger partial charge is 0.221 e. The summed E-state index contributed by atoms with van der Waals surface area (Å²) < 4.78 is 0. The molecule has 0 saturated carbocycles. The molecular formula is C23H17ClN6OS2. The SMILES string of the molecule is CC(=O)Nc1ccc(-c2nc(SCc3csc(-c4ccc(Cl)cc4)n3)nc(N)c2C#N)cc1. The quantitative estimate of drug-likeness (QED) is 0.264. The van der Waals surface area contributed by atoms with Gasteiger partial charge in [0.05, 0.1) is 11.4 Å². The second kappa shape index (κ2) is 10.0. The van der Waals surface area contributed by atoms with Crippen molar-refractivity contribution in [3.8, 4) is 27.9 Å². The summed E-state index contributed by atoms with van der Waals surface area (Å²) in [6.45, 7) is 1.44. The number of carbonyl (C=O) groups is 1. The number of carbonyl (C=O) groups excluding carboxylic acids is 1. The minimum absolute atomic E-state index is 0.121. The van der Waals surface area contributed by atoms with E-state index < -0.39 is 0 Å². The van der Waals surface area contributed by atoms with E-state index in [1.807, 2.05) is 29.6 Å². The molecule has 0 unspecified atom stereocenters. The number of nitrogens with two attached hydrogens (primary N) is 1. The second-order valence-electron chi connectivity index (χ2n) is 6.92. The average Bonchev–Trinajstić information content (AvgIpc) is 3.27. The van der Waals surface area contributed by atoms with Crippen LogP contribution >= 0.6 is 34.7 Å². The van der Waals surface area contributed by atoms with E-state index in [4.69, 9.17) is 17.3 Å². The van der Waals surface area contributed by atoms with Crippen molar-refractivity contribution in [2.24, 2.45) is 0 Å². The van der Waals surface area contributed by atoms with E-state index >= 15 is 0 Å². The number of halogens is 1. The Kier molecular flexibility index (Phi) is 6.89. The number of amides is 1. The molecule has 0 atom stereocenters. The van der Waals surface area contributed by atoms with Gasteiger partial charge in [-0.3, -0.25) is 4.79 Å². The lowest BCUT2D eigenvalue weighted by atomic mass is 10.1. The highest BCUT2D eigenvalue weighted by Gasteiger charge is 2.15. The predicted molar refractivity (Wildman–Crippen MR) is 133 cm³/mol. The Bertz CT molecular complexity index is 1350. The van der Waals surface area contributed by atoms with Crippen LogP contribution in [0.3, 0.4) is 0 Å². The fourth-order valence-corrected chi connectivity index (χ4v) is 4.79. The number of nitrogens with one attached hydrogen (secondary N) is 1. The van der Waals surface area contributed by atoms with Gasteiger partial charge in [-0.15, -0.1) is 11.3 Å². The van der Waals surface area contributed by atoms with Crippen LogP contribution in [0, 0.1) is 11.3 Å². The highest BCUT2D eigenvalue weighted by Crippen LogP contribution is 2.31. The number of benzene rings is 2. The van der Waals surface area contributed by atoms with Crippen LogP contribution < -0.4 is 11.1 Å². The summed E-state index contributed by atoms with van der Waals surface area (Å²) in [4.78, 5) is 24.8. The fourth-order valence-electron chi connectivity index (χ4n) is 2.99. The minimum Gasteiger partial charge on any atom is -0.382 e. The average molecular weight is 493 g/mol. The highest BCUT2D eigenvalue weighted by atomic mass is 35.5. The summed E-state index contributed by atoms with van der Waals surface area (Å²) in [5.41, 5.74) is 9.97. The first-order valence-corrected chi connectivity index (χ1v) is 12.0. The van der Waals surface area contributed by atoms with Gasteiger partial charge in [-0.05, 0) is 24.3 Å². The number of rotatable bonds is 6. The number of anilines is 2. The van der Waals surface area contributed by atoms with Crippen molar-refractivity contribution in [2.75, 3.05) is 11.1 Å². The maximum Gasteiger partial charge on any atom is 0.221 e. The van der Waals surface area contributed by atoms with Gasteiger partial charge in [0, 0.05) is 39.9 Å². The fraction of sp³-hybridized carbons (Fsp3) is 0.0870. The van der Waals surface area contributed by atoms with E-state index in [0.717, 1.165) is 16.3 Å². The largest absolute Gasteiger partial charge is 0.382 e. The van der Waals surface area contributed by atoms with Crippen molar-refractivity contribution >= 4 is 52.1 Å². The molecule has 1 amide bonds. The van der Waals surface area contributed by atoms with Gasteiger partial charge in [-0.2, -0.15) is 5.26 Å². The number of nitriles is 1. The van der Waals surface area contributed by atoms with Crippen LogP contribution in [0.15, 0.2) is 59.1 Å². The van der Waals surface area contributed by atoms with Crippen molar-refractivity contribution in [1.29, 1.82) is 5.26 Å². The molecule has 0 radical (unpaired) electrons. The van der Waals surface area contributed by atoms with Crippen LogP contribution in [0.2, 0.25) is 5.02 Å². The lowest BCUT2D eigenvalue weighted by molar-refractivity contribution is -0.114. The van der Waals surface area contributed by atoms with Crippen LogP contribution in [0.1, 0.15) is 18.2 Å². The van der Waals surface area contributed by atoms with Gasteiger partial charge < -0.3 is 11.1 Å². The van der Waals surface area contributed by atoms with Gasteiger partial charge >= 0.3 is 0 Å². The molecule has 10 heteroatoms. The van der Waals surface area contributed by atoms with Crippen molar-refractivity contribution < 1.29 is 4.79 Å². The molecule has 0 aliphatic heterocycles. The molecule has 0 saturated heterocycles. The normalized spacial score (nSPS) is 10.6. The first kappa shape index (κ1) is 22.7. The Balaban J connectivity index is 1.54. The van der Waals surface area contributed by atoms with Crippen LogP contribution in [0.4, 0.5) is 11.5 Å². The van der Waals surface area contributed by atoms with E-state index in [0.29, 0.717) is 32.9 Å². The molecule has 4 aromatic rings. The Labute approximate surface area is 203 Å². The number of thiazole rings is 1. The van der Waals surface area contributed by atoms with Crippen molar-refractivity contribution in [2.45, 2.75) is 17.8 Å². The van der Waals surface area contributed by atoms with E-state index in [-0.39, 0.29) is 17.3 Å². The molecule has 0 spiro atoms. The number of nitrogen functional groups attached to an aromatic ring is 1. The molecule has 7 nitrogen and oxygen atoms in total. The maximum atomic E-state index is 11.2. The van der Waals surface area contributed by atoms with Crippen LogP contribution in [-0.4, -0.2) is 20.9 Å². The van der Waals surface area contributed by atoms with E-state index in [2.05, 4.69) is 26.3 Å². The molecule has 0 fully saturated rings. The first-order chi connectivity index (χ1) is 15.9. The van der Waals surface area contributed by atoms with Gasteiger partial charge in [0.15, 0.2) is 5.16 Å². The zero-order valence-corrected chi connectivity index (χ0v) is 19.8. The summed E-state index contributed by atoms with van der Waals surface area (Å²) in [7, 11) is 0. The number of aromatic nitrogens is 3. The zero-order valence-electron chi connectivity index (χ0n) is 17.4. The lowest BCUT2D eigenvalue weighted by Gasteiger charge is -2.09. The maximum absolute atomic E-state index is 11.2. The third-order valence-corrected chi connectivity index (χ3v) is 6.57. The Morgan fingerprint density at radius 1 is 1.12 bits per heavy atom. The third kappa shape index (κ3) is 5.49. The molecule has 164 valence electrons. The zero-order chi connectivity index (χ0) is 23.4. The van der Waals surface area contributed by atoms with Gasteiger partial charge in [0.25, 0.3) is 0 Å². The van der Waals surface area contributed by atoms with Gasteiger partial charge in [-0.25, -0.2) is 15.0 Å². The van der Waals surface area contributed by atoms with Crippen molar-refractivity contribution in [3.05, 3.63) is 70.2 Å². The standard InChI is InChI=1S/C23H17ClN6OS2/c1-13(31)27-17-8-4-14(5-9-17)20-19(10-25)21(26)30-23(29-20)33-12-18-11-32-22(28-18)15-2-6-16(24)7-3-15/h2-9,11H,12H2,1H3,(H,27,31)(H2,26,29,30). The topological polar surface area (TPSA) is 118 Å². The molecule has 0 aliphatic rings. The Morgan fingerprint density at radius 3 is 2.48 bits per heavy atom. The Hall–Kier alpha value is -3.45. The van der Waals surface area contributed by atoms with Crippen LogP contribution in [0.5, 0.6) is 0 Å². The minimum atomic E-state index is -0.160. The molecular weight excluding hydrogens is 476 g/mol. The lowest BCUT2D eigenvalue weighted by Crippen LogP contribution is -2.05. The summed E-state index contributed by atoms with van der Waals surface area (Å²) >= 11 is 8.90. The monoisotopic (exact) mass is 492 g/mol. The van der Waals surface area contributed by atoms with Crippen LogP contribution in [0.25, 0.3) is 21.8 Å². The van der Waals surface area contributed by atoms with E-state index in [1.54, 1.807) is 35.6 Å². The van der Waals surface area contributed by atoms with Gasteiger partial charge in [-0.1, -0.05) is 47.6 Å². The van der Waals surface area contributed by atoms with E-state index in [1.165, 1.54) is 18.7 Å². The third-order valence-electron chi connectivity index (χ3n) is 4.50. The molecule has 0 bridgehead atoms. The van der Waals surface area contributed by atoms with Crippen molar-refractivity contribution in [3.63, 3.8) is 0 Å². The Morgan fingerprint density at radius 2 is 1.82 bits per heavy atom. The van der Waals surface area contributed by atoms with Gasteiger partial charge in [0.2, 0.25) is 5.91 Å². The molecule has 2 aromatic heterocycles. The summed E-state index contributed by atoms with van der Waals surface area (Å²) in [6.07, 6.45) is 0. The molecule has 2 aromatic carbocycles. The number of hydrogen-bond donors (Lipinski definition) is 2. The molecule has 0 aliphatic carbocycles. The van der Waals surface area contributed by atoms with Crippen LogP contribution in [-0.2, 0) is 10.5 Å². The first-order valence-electron chi connectivity index (χ1n) is 9.71. The molecule has 3 N–H and O–H groups in total. The second-order valence-corrected chi connectivity index (χ2v) is 9.16. The van der Waals surface area contributed by atoms with E-state index in [9.17, 15) is 10.1 Å². The molecule has 33 heavy (non-hydrogen) atoms. The summed E-state index contributed by atoms with van der Waals surface area (Å²) in [5, 5.41) is 16.3. The predicted octanol–water partition coefficient (Wildman–Crippen LogP) is 5.63. The summed E-state index contributed by atoms with van der Waals surface area (Å²) in [5.74, 6) is 0.513.